The van der Waals surface area contributed by atoms with Crippen LogP contribution in [0.2, 0.25) is 0 Å². The number of nitrogens with zero attached hydrogens (tertiary/aromatic N) is 1. The molecule has 0 aliphatic carbocycles. The quantitative estimate of drug-likeness (QED) is 0.368. The van der Waals surface area contributed by atoms with Gasteiger partial charge in [0.2, 0.25) is 0 Å². The molecule has 158 valence electrons. The lowest BCUT2D eigenvalue weighted by Crippen LogP contribution is -2.50. The molecule has 1 amide bonds. The number of nitrogens with one attached hydrogen (secondary N) is 1. The van der Waals surface area contributed by atoms with Crippen molar-refractivity contribution in [3.63, 3.8) is 0 Å². The number of carbonyl (C=O) groups is 1. The maximum atomic E-state index is 14.1. The summed E-state index contributed by atoms with van der Waals surface area (Å²) in [7, 11) is 0. The molecule has 4 nitrogen and oxygen atoms in total. The number of alkyl halides is 7. The fourth-order valence-electron chi connectivity index (χ4n) is 2.35. The number of aromatic nitrogens is 1. The van der Waals surface area contributed by atoms with E-state index in [1.165, 1.54) is 18.0 Å². The minimum atomic E-state index is -6.32. The number of amides is 1. The van der Waals surface area contributed by atoms with Gasteiger partial charge < -0.3 is 10.4 Å². The monoisotopic (exact) mass is 442 g/mol. The Balaban J connectivity index is 2.39. The highest BCUT2D eigenvalue weighted by atomic mass is 32.2. The standard InChI is InChI=1S/C17H13F7N2O2S/c1-2-29-12-4-3-7-25-13(12)14(28)26-10-6-5-9(8-11(10)27)15(18,16(19,20)21)17(22,23)24/h3-8,27H,2H2,1H3,(H,26,28). The van der Waals surface area contributed by atoms with Gasteiger partial charge in [0.15, 0.2) is 0 Å². The van der Waals surface area contributed by atoms with Crippen LogP contribution in [-0.2, 0) is 5.67 Å². The van der Waals surface area contributed by atoms with Crippen molar-refractivity contribution in [1.29, 1.82) is 0 Å². The van der Waals surface area contributed by atoms with Crippen LogP contribution in [0.3, 0.4) is 0 Å². The van der Waals surface area contributed by atoms with Crippen molar-refractivity contribution in [3.8, 4) is 5.75 Å². The third-order valence-electron chi connectivity index (χ3n) is 3.71. The molecule has 2 N–H and O–H groups in total. The van der Waals surface area contributed by atoms with Crippen molar-refractivity contribution in [2.45, 2.75) is 29.8 Å². The van der Waals surface area contributed by atoms with E-state index < -0.39 is 40.9 Å². The number of rotatable bonds is 5. The summed E-state index contributed by atoms with van der Waals surface area (Å²) in [6.07, 6.45) is -11.3. The average molecular weight is 442 g/mol. The summed E-state index contributed by atoms with van der Waals surface area (Å²) in [5.74, 6) is -1.44. The maximum Gasteiger partial charge on any atom is 0.435 e. The summed E-state index contributed by atoms with van der Waals surface area (Å²) in [5.41, 5.74) is -8.13. The van der Waals surface area contributed by atoms with Gasteiger partial charge in [0, 0.05) is 16.7 Å². The first kappa shape index (κ1) is 22.8. The van der Waals surface area contributed by atoms with Crippen molar-refractivity contribution in [3.05, 3.63) is 47.8 Å². The molecule has 0 saturated carbocycles. The van der Waals surface area contributed by atoms with Crippen LogP contribution in [0.15, 0.2) is 41.4 Å². The highest BCUT2D eigenvalue weighted by Gasteiger charge is 2.73. The van der Waals surface area contributed by atoms with Crippen LogP contribution in [0.4, 0.5) is 36.4 Å². The summed E-state index contributed by atoms with van der Waals surface area (Å²) < 4.78 is 90.9. The first-order valence-corrected chi connectivity index (χ1v) is 8.86. The molecule has 0 saturated heterocycles. The van der Waals surface area contributed by atoms with Crippen LogP contribution in [-0.4, -0.2) is 34.1 Å². The van der Waals surface area contributed by atoms with Gasteiger partial charge in [-0.3, -0.25) is 4.79 Å². The normalized spacial score (nSPS) is 12.7. The lowest BCUT2D eigenvalue weighted by Gasteiger charge is -2.30. The van der Waals surface area contributed by atoms with Crippen LogP contribution >= 0.6 is 11.8 Å². The molecule has 1 aromatic carbocycles. The fourth-order valence-corrected chi connectivity index (χ4v) is 3.12. The minimum Gasteiger partial charge on any atom is -0.506 e. The Bertz CT molecular complexity index is 886. The Morgan fingerprint density at radius 3 is 2.24 bits per heavy atom. The van der Waals surface area contributed by atoms with Crippen LogP contribution in [0.25, 0.3) is 0 Å². The van der Waals surface area contributed by atoms with Crippen molar-refractivity contribution >= 4 is 23.4 Å². The van der Waals surface area contributed by atoms with Gasteiger partial charge in [-0.15, -0.1) is 11.8 Å². The number of phenols is 1. The molecule has 1 aromatic heterocycles. The van der Waals surface area contributed by atoms with E-state index in [0.29, 0.717) is 16.7 Å². The summed E-state index contributed by atoms with van der Waals surface area (Å²) in [6.45, 7) is 1.81. The molecule has 29 heavy (non-hydrogen) atoms. The fraction of sp³-hybridized carbons (Fsp3) is 0.294. The highest BCUT2D eigenvalue weighted by molar-refractivity contribution is 7.99. The predicted molar refractivity (Wildman–Crippen MR) is 91.6 cm³/mol. The molecule has 0 aliphatic heterocycles. The maximum absolute atomic E-state index is 14.1. The lowest BCUT2D eigenvalue weighted by atomic mass is 9.93. The SMILES string of the molecule is CCSc1cccnc1C(=O)Nc1ccc(C(F)(C(F)(F)F)C(F)(F)F)cc1O. The molecule has 0 spiro atoms. The third kappa shape index (κ3) is 4.41. The first-order chi connectivity index (χ1) is 13.3. The Kier molecular flexibility index (Phi) is 6.36. The van der Waals surface area contributed by atoms with E-state index in [-0.39, 0.29) is 17.8 Å². The number of thioether (sulfide) groups is 1. The topological polar surface area (TPSA) is 62.2 Å². The largest absolute Gasteiger partial charge is 0.506 e. The number of anilines is 1. The van der Waals surface area contributed by atoms with Gasteiger partial charge in [-0.1, -0.05) is 13.0 Å². The number of hydrogen-bond acceptors (Lipinski definition) is 4. The highest BCUT2D eigenvalue weighted by Crippen LogP contribution is 2.54. The molecule has 2 rings (SSSR count). The number of aromatic hydroxyl groups is 1. The van der Waals surface area contributed by atoms with Crippen LogP contribution in [0.1, 0.15) is 23.0 Å². The lowest BCUT2D eigenvalue weighted by molar-refractivity contribution is -0.348. The van der Waals surface area contributed by atoms with Crippen molar-refractivity contribution in [2.24, 2.45) is 0 Å². The zero-order chi connectivity index (χ0) is 22.0. The van der Waals surface area contributed by atoms with Crippen LogP contribution in [0.5, 0.6) is 5.75 Å². The van der Waals surface area contributed by atoms with Gasteiger partial charge in [-0.25, -0.2) is 9.37 Å². The van der Waals surface area contributed by atoms with Crippen molar-refractivity contribution in [1.82, 2.24) is 4.98 Å². The number of hydrogen-bond donors (Lipinski definition) is 2. The zero-order valence-electron chi connectivity index (χ0n) is 14.5. The average Bonchev–Trinajstić information content (AvgIpc) is 2.61. The molecular formula is C17H13F7N2O2S. The Morgan fingerprint density at radius 2 is 1.72 bits per heavy atom. The Morgan fingerprint density at radius 1 is 1.10 bits per heavy atom. The molecule has 2 aromatic rings. The van der Waals surface area contributed by atoms with Crippen molar-refractivity contribution < 1.29 is 40.6 Å². The molecule has 0 radical (unpaired) electrons. The van der Waals surface area contributed by atoms with E-state index in [9.17, 15) is 40.6 Å². The molecule has 0 unspecified atom stereocenters. The first-order valence-electron chi connectivity index (χ1n) is 7.88. The summed E-state index contributed by atoms with van der Waals surface area (Å²) in [4.78, 5) is 16.7. The van der Waals surface area contributed by atoms with Gasteiger partial charge in [0.25, 0.3) is 5.91 Å². The second-order valence-electron chi connectivity index (χ2n) is 5.62. The second-order valence-corrected chi connectivity index (χ2v) is 6.93. The summed E-state index contributed by atoms with van der Waals surface area (Å²) in [6, 6.07) is 3.86. The van der Waals surface area contributed by atoms with Gasteiger partial charge in [-0.2, -0.15) is 26.3 Å². The second kappa shape index (κ2) is 8.09. The van der Waals surface area contributed by atoms with E-state index in [4.69, 9.17) is 0 Å². The number of phenolic OH excluding ortho intramolecular Hbond substituents is 1. The molecule has 1 heterocycles. The minimum absolute atomic E-state index is 0.0310. The van der Waals surface area contributed by atoms with Gasteiger partial charge in [-0.05, 0) is 30.0 Å². The predicted octanol–water partition coefficient (Wildman–Crippen LogP) is 5.44. The number of benzene rings is 1. The molecular weight excluding hydrogens is 429 g/mol. The molecule has 12 heteroatoms. The van der Waals surface area contributed by atoms with Gasteiger partial charge in [0.05, 0.1) is 5.69 Å². The Labute approximate surface area is 164 Å². The van der Waals surface area contributed by atoms with Crippen LogP contribution in [0, 0.1) is 0 Å². The third-order valence-corrected chi connectivity index (χ3v) is 4.64. The van der Waals surface area contributed by atoms with E-state index in [0.717, 1.165) is 0 Å². The molecule has 0 atom stereocenters. The Hall–Kier alpha value is -2.50. The summed E-state index contributed by atoms with van der Waals surface area (Å²) in [5, 5.41) is 11.9. The molecule has 0 fully saturated rings. The van der Waals surface area contributed by atoms with Gasteiger partial charge >= 0.3 is 18.0 Å². The van der Waals surface area contributed by atoms with E-state index >= 15 is 0 Å². The number of pyridine rings is 1. The molecule has 0 aliphatic rings. The van der Waals surface area contributed by atoms with Crippen LogP contribution < -0.4 is 5.32 Å². The number of carbonyl (C=O) groups excluding carboxylic acids is 1. The van der Waals surface area contributed by atoms with E-state index in [2.05, 4.69) is 10.3 Å². The molecule has 0 bridgehead atoms. The zero-order valence-corrected chi connectivity index (χ0v) is 15.3. The smallest absolute Gasteiger partial charge is 0.435 e. The van der Waals surface area contributed by atoms with E-state index in [1.807, 2.05) is 6.92 Å². The number of halogens is 7. The van der Waals surface area contributed by atoms with Gasteiger partial charge in [0.1, 0.15) is 11.4 Å². The van der Waals surface area contributed by atoms with Crippen molar-refractivity contribution in [2.75, 3.05) is 11.1 Å². The summed E-state index contributed by atoms with van der Waals surface area (Å²) >= 11 is 1.27. The van der Waals surface area contributed by atoms with E-state index in [1.54, 1.807) is 12.1 Å².